The van der Waals surface area contributed by atoms with Crippen molar-refractivity contribution in [3.05, 3.63) is 29.1 Å². The number of aromatic nitrogens is 1. The van der Waals surface area contributed by atoms with E-state index in [-0.39, 0.29) is 17.9 Å². The van der Waals surface area contributed by atoms with Gasteiger partial charge >= 0.3 is 5.97 Å². The fourth-order valence-electron chi connectivity index (χ4n) is 1.21. The van der Waals surface area contributed by atoms with E-state index in [0.29, 0.717) is 5.56 Å². The summed E-state index contributed by atoms with van der Waals surface area (Å²) in [4.78, 5) is 14.6. The summed E-state index contributed by atoms with van der Waals surface area (Å²) in [6.45, 7) is 0. The molecule has 0 radical (unpaired) electrons. The largest absolute Gasteiger partial charge is 0.469 e. The highest BCUT2D eigenvalue weighted by Crippen LogP contribution is 2.22. The zero-order valence-corrected chi connectivity index (χ0v) is 9.30. The molecule has 16 heavy (non-hydrogen) atoms. The van der Waals surface area contributed by atoms with Gasteiger partial charge in [-0.05, 0) is 11.1 Å². The molecule has 0 fully saturated rings. The van der Waals surface area contributed by atoms with E-state index in [2.05, 4.69) is 9.72 Å². The third-order valence-electron chi connectivity index (χ3n) is 1.98. The minimum atomic E-state index is -2.72. The van der Waals surface area contributed by atoms with Gasteiger partial charge in [0.25, 0.3) is 6.43 Å². The van der Waals surface area contributed by atoms with Crippen molar-refractivity contribution in [2.24, 2.45) is 0 Å². The van der Waals surface area contributed by atoms with Crippen LogP contribution in [0.5, 0.6) is 0 Å². The fourth-order valence-corrected chi connectivity index (χ4v) is 1.36. The number of rotatable bonds is 4. The minimum Gasteiger partial charge on any atom is -0.469 e. The number of ether oxygens (including phenoxy) is 1. The minimum absolute atomic E-state index is 0.153. The molecule has 0 aromatic carbocycles. The summed E-state index contributed by atoms with van der Waals surface area (Å²) in [5.41, 5.74) is 0.337. The van der Waals surface area contributed by atoms with Gasteiger partial charge in [0.15, 0.2) is 0 Å². The van der Waals surface area contributed by atoms with Crippen LogP contribution in [0.4, 0.5) is 8.78 Å². The molecule has 88 valence electrons. The van der Waals surface area contributed by atoms with Crippen molar-refractivity contribution in [1.82, 2.24) is 4.98 Å². The standard InChI is InChI=1S/C10H10ClF2NO2/c1-16-8(15)3-7-2-6(4-11)5-14-9(7)10(12)13/h2,5,10H,3-4H2,1H3. The maximum absolute atomic E-state index is 12.6. The van der Waals surface area contributed by atoms with Gasteiger partial charge in [-0.3, -0.25) is 9.78 Å². The zero-order valence-electron chi connectivity index (χ0n) is 8.54. The summed E-state index contributed by atoms with van der Waals surface area (Å²) in [6, 6.07) is 1.44. The first kappa shape index (κ1) is 12.8. The summed E-state index contributed by atoms with van der Waals surface area (Å²) in [6.07, 6.45) is -1.67. The maximum atomic E-state index is 12.6. The molecule has 1 heterocycles. The molecule has 3 nitrogen and oxygen atoms in total. The number of hydrogen-bond donors (Lipinski definition) is 0. The Bertz CT molecular complexity index is 385. The molecule has 0 aliphatic rings. The molecule has 1 aromatic rings. The van der Waals surface area contributed by atoms with Crippen LogP contribution >= 0.6 is 11.6 Å². The Kier molecular flexibility index (Phi) is 4.61. The van der Waals surface area contributed by atoms with Crippen molar-refractivity contribution in [3.63, 3.8) is 0 Å². The number of esters is 1. The van der Waals surface area contributed by atoms with Crippen LogP contribution in [0.15, 0.2) is 12.3 Å². The number of nitrogens with zero attached hydrogens (tertiary/aromatic N) is 1. The molecule has 0 aliphatic carbocycles. The van der Waals surface area contributed by atoms with Crippen LogP contribution in [-0.2, 0) is 21.8 Å². The SMILES string of the molecule is COC(=O)Cc1cc(CCl)cnc1C(F)F. The lowest BCUT2D eigenvalue weighted by molar-refractivity contribution is -0.139. The Morgan fingerprint density at radius 2 is 2.31 bits per heavy atom. The first-order valence-corrected chi connectivity index (χ1v) is 5.00. The predicted octanol–water partition coefficient (Wildman–Crippen LogP) is 2.47. The molecule has 0 N–H and O–H groups in total. The van der Waals surface area contributed by atoms with Gasteiger partial charge in [0, 0.05) is 12.1 Å². The van der Waals surface area contributed by atoms with Crippen LogP contribution in [0, 0.1) is 0 Å². The number of carbonyl (C=O) groups excluding carboxylic acids is 1. The molecular weight excluding hydrogens is 240 g/mol. The highest BCUT2D eigenvalue weighted by molar-refractivity contribution is 6.17. The second-order valence-corrected chi connectivity index (χ2v) is 3.34. The van der Waals surface area contributed by atoms with Gasteiger partial charge in [-0.25, -0.2) is 8.78 Å². The maximum Gasteiger partial charge on any atom is 0.310 e. The van der Waals surface area contributed by atoms with Crippen molar-refractivity contribution in [1.29, 1.82) is 0 Å². The second-order valence-electron chi connectivity index (χ2n) is 3.08. The van der Waals surface area contributed by atoms with E-state index in [9.17, 15) is 13.6 Å². The van der Waals surface area contributed by atoms with Crippen LogP contribution in [0.2, 0.25) is 0 Å². The molecule has 0 unspecified atom stereocenters. The van der Waals surface area contributed by atoms with Gasteiger partial charge in [0.1, 0.15) is 5.69 Å². The number of carbonyl (C=O) groups is 1. The topological polar surface area (TPSA) is 39.2 Å². The van der Waals surface area contributed by atoms with Gasteiger partial charge < -0.3 is 4.74 Å². The van der Waals surface area contributed by atoms with Crippen LogP contribution in [0.3, 0.4) is 0 Å². The Hall–Kier alpha value is -1.23. The lowest BCUT2D eigenvalue weighted by Gasteiger charge is -2.08. The average molecular weight is 250 g/mol. The molecule has 0 amide bonds. The van der Waals surface area contributed by atoms with Gasteiger partial charge in [-0.15, -0.1) is 11.6 Å². The number of alkyl halides is 3. The molecule has 0 aliphatic heterocycles. The van der Waals surface area contributed by atoms with E-state index in [0.717, 1.165) is 0 Å². The van der Waals surface area contributed by atoms with Crippen LogP contribution in [0.1, 0.15) is 23.2 Å². The van der Waals surface area contributed by atoms with Gasteiger partial charge in [0.05, 0.1) is 13.5 Å². The third kappa shape index (κ3) is 3.13. The van der Waals surface area contributed by atoms with Crippen LogP contribution < -0.4 is 0 Å². The Balaban J connectivity index is 3.05. The van der Waals surface area contributed by atoms with Gasteiger partial charge in [-0.2, -0.15) is 0 Å². The summed E-state index contributed by atoms with van der Waals surface area (Å²) in [5.74, 6) is -0.430. The zero-order chi connectivity index (χ0) is 12.1. The second kappa shape index (κ2) is 5.75. The number of methoxy groups -OCH3 is 1. The van der Waals surface area contributed by atoms with Crippen molar-refractivity contribution in [2.75, 3.05) is 7.11 Å². The van der Waals surface area contributed by atoms with Gasteiger partial charge in [-0.1, -0.05) is 6.07 Å². The monoisotopic (exact) mass is 249 g/mol. The first-order chi connectivity index (χ1) is 7.58. The first-order valence-electron chi connectivity index (χ1n) is 4.47. The van der Waals surface area contributed by atoms with Crippen molar-refractivity contribution >= 4 is 17.6 Å². The normalized spacial score (nSPS) is 10.6. The van der Waals surface area contributed by atoms with E-state index in [1.165, 1.54) is 19.4 Å². The highest BCUT2D eigenvalue weighted by Gasteiger charge is 2.17. The lowest BCUT2D eigenvalue weighted by Crippen LogP contribution is -2.09. The smallest absolute Gasteiger partial charge is 0.310 e. The number of pyridine rings is 1. The Morgan fingerprint density at radius 1 is 1.62 bits per heavy atom. The Morgan fingerprint density at radius 3 is 2.81 bits per heavy atom. The number of hydrogen-bond acceptors (Lipinski definition) is 3. The summed E-state index contributed by atoms with van der Waals surface area (Å²) in [5, 5.41) is 0. The molecule has 0 atom stereocenters. The van der Waals surface area contributed by atoms with Crippen LogP contribution in [-0.4, -0.2) is 18.1 Å². The number of halogens is 3. The Labute approximate surface area is 96.4 Å². The summed E-state index contributed by atoms with van der Waals surface area (Å²) >= 11 is 5.56. The lowest BCUT2D eigenvalue weighted by atomic mass is 10.1. The molecule has 6 heteroatoms. The molecule has 0 bridgehead atoms. The van der Waals surface area contributed by atoms with Gasteiger partial charge in [0.2, 0.25) is 0 Å². The summed E-state index contributed by atoms with van der Waals surface area (Å²) in [7, 11) is 1.20. The summed E-state index contributed by atoms with van der Waals surface area (Å²) < 4.78 is 29.6. The van der Waals surface area contributed by atoms with E-state index < -0.39 is 18.1 Å². The molecular formula is C10H10ClF2NO2. The van der Waals surface area contributed by atoms with Crippen molar-refractivity contribution in [2.45, 2.75) is 18.7 Å². The van der Waals surface area contributed by atoms with E-state index in [1.54, 1.807) is 0 Å². The fraction of sp³-hybridized carbons (Fsp3) is 0.400. The molecule has 0 spiro atoms. The van der Waals surface area contributed by atoms with E-state index >= 15 is 0 Å². The molecule has 0 saturated carbocycles. The van der Waals surface area contributed by atoms with Crippen molar-refractivity contribution < 1.29 is 18.3 Å². The predicted molar refractivity (Wildman–Crippen MR) is 54.5 cm³/mol. The average Bonchev–Trinajstić information content (AvgIpc) is 2.28. The van der Waals surface area contributed by atoms with E-state index in [1.807, 2.05) is 0 Å². The third-order valence-corrected chi connectivity index (χ3v) is 2.29. The molecule has 1 rings (SSSR count). The van der Waals surface area contributed by atoms with E-state index in [4.69, 9.17) is 11.6 Å². The van der Waals surface area contributed by atoms with Crippen molar-refractivity contribution in [3.8, 4) is 0 Å². The van der Waals surface area contributed by atoms with Crippen LogP contribution in [0.25, 0.3) is 0 Å². The highest BCUT2D eigenvalue weighted by atomic mass is 35.5. The quantitative estimate of drug-likeness (QED) is 0.608. The molecule has 1 aromatic heterocycles. The molecule has 0 saturated heterocycles.